The highest BCUT2D eigenvalue weighted by Gasteiger charge is 2.19. The van der Waals surface area contributed by atoms with Crippen LogP contribution in [0.15, 0.2) is 67.0 Å². The zero-order chi connectivity index (χ0) is 29.9. The third-order valence-electron chi connectivity index (χ3n) is 8.48. The van der Waals surface area contributed by atoms with E-state index in [0.29, 0.717) is 12.5 Å². The molecule has 2 aromatic carbocycles. The van der Waals surface area contributed by atoms with E-state index in [4.69, 9.17) is 5.21 Å². The lowest BCUT2D eigenvalue weighted by atomic mass is 10.0. The minimum Gasteiger partial charge on any atom is -0.363 e. The number of nitrogens with one attached hydrogen (secondary N) is 4. The lowest BCUT2D eigenvalue weighted by Gasteiger charge is -2.32. The minimum absolute atomic E-state index is 0.134. The largest absolute Gasteiger partial charge is 0.363 e. The molecule has 5 rings (SSSR count). The Kier molecular flexibility index (Phi) is 11.1. The van der Waals surface area contributed by atoms with Crippen LogP contribution in [-0.2, 0) is 11.3 Å². The molecule has 0 spiro atoms. The molecule has 0 saturated carbocycles. The van der Waals surface area contributed by atoms with E-state index in [1.807, 2.05) is 6.07 Å². The fourth-order valence-corrected chi connectivity index (χ4v) is 5.89. The van der Waals surface area contributed by atoms with Gasteiger partial charge in [-0.15, -0.1) is 0 Å². The number of aromatic nitrogens is 3. The lowest BCUT2D eigenvalue weighted by Crippen LogP contribution is -2.42. The van der Waals surface area contributed by atoms with Gasteiger partial charge in [0, 0.05) is 30.7 Å². The first-order valence-corrected chi connectivity index (χ1v) is 15.7. The topological polar surface area (TPSA) is 118 Å². The summed E-state index contributed by atoms with van der Waals surface area (Å²) in [5.74, 6) is 0.545. The van der Waals surface area contributed by atoms with Crippen molar-refractivity contribution < 1.29 is 10.0 Å². The molecule has 1 aliphatic heterocycles. The second kappa shape index (κ2) is 15.6. The Morgan fingerprint density at radius 3 is 2.51 bits per heavy atom. The summed E-state index contributed by atoms with van der Waals surface area (Å²) in [4.78, 5) is 26.1. The Morgan fingerprint density at radius 2 is 1.74 bits per heavy atom. The summed E-state index contributed by atoms with van der Waals surface area (Å²) in [7, 11) is 0. The van der Waals surface area contributed by atoms with E-state index >= 15 is 0 Å². The molecule has 1 atom stereocenters. The Bertz CT molecular complexity index is 1420. The van der Waals surface area contributed by atoms with Gasteiger partial charge in [-0.25, -0.2) is 15.4 Å². The number of hydrogen-bond acceptors (Lipinski definition) is 7. The maximum Gasteiger partial charge on any atom is 0.243 e. The van der Waals surface area contributed by atoms with Gasteiger partial charge in [-0.3, -0.25) is 14.9 Å². The van der Waals surface area contributed by atoms with Crippen LogP contribution in [0.4, 0.5) is 5.82 Å². The first kappa shape index (κ1) is 30.7. The predicted octanol–water partition coefficient (Wildman–Crippen LogP) is 6.20. The molecule has 9 heteroatoms. The molecule has 0 unspecified atom stereocenters. The number of anilines is 1. The van der Waals surface area contributed by atoms with Crippen molar-refractivity contribution in [3.63, 3.8) is 0 Å². The van der Waals surface area contributed by atoms with E-state index in [0.717, 1.165) is 73.6 Å². The van der Waals surface area contributed by atoms with E-state index in [1.165, 1.54) is 36.8 Å². The van der Waals surface area contributed by atoms with E-state index in [-0.39, 0.29) is 11.9 Å². The predicted molar refractivity (Wildman–Crippen MR) is 172 cm³/mol. The number of likely N-dealkylation sites (tertiary alicyclic amines) is 1. The monoisotopic (exact) mass is 583 g/mol. The molecule has 1 saturated heterocycles. The molecule has 2 aromatic heterocycles. The van der Waals surface area contributed by atoms with Crippen LogP contribution in [0.25, 0.3) is 22.3 Å². The Morgan fingerprint density at radius 1 is 1.00 bits per heavy atom. The molecule has 1 aliphatic rings. The van der Waals surface area contributed by atoms with Crippen molar-refractivity contribution in [2.24, 2.45) is 0 Å². The maximum absolute atomic E-state index is 11.0. The molecular formula is C34H45N7O2. The van der Waals surface area contributed by atoms with E-state index < -0.39 is 0 Å². The average molecular weight is 584 g/mol. The summed E-state index contributed by atoms with van der Waals surface area (Å²) in [6.07, 6.45) is 9.75. The van der Waals surface area contributed by atoms with Crippen molar-refractivity contribution in [3.8, 4) is 11.3 Å². The molecule has 228 valence electrons. The van der Waals surface area contributed by atoms with Crippen LogP contribution < -0.4 is 16.1 Å². The molecule has 0 aliphatic carbocycles. The highest BCUT2D eigenvalue weighted by Crippen LogP contribution is 2.29. The van der Waals surface area contributed by atoms with Gasteiger partial charge >= 0.3 is 0 Å². The number of amides is 1. The number of rotatable bonds is 15. The highest BCUT2D eigenvalue weighted by molar-refractivity contribution is 5.91. The first-order chi connectivity index (χ1) is 21.1. The third kappa shape index (κ3) is 8.86. The second-order valence-corrected chi connectivity index (χ2v) is 11.7. The van der Waals surface area contributed by atoms with Crippen LogP contribution in [0.1, 0.15) is 75.5 Å². The van der Waals surface area contributed by atoms with Gasteiger partial charge < -0.3 is 15.6 Å². The van der Waals surface area contributed by atoms with Crippen LogP contribution in [-0.4, -0.2) is 56.6 Å². The van der Waals surface area contributed by atoms with Crippen LogP contribution in [0.5, 0.6) is 0 Å². The zero-order valence-electron chi connectivity index (χ0n) is 25.2. The summed E-state index contributed by atoms with van der Waals surface area (Å²) in [6, 6.07) is 22.1. The number of carbonyl (C=O) groups is 1. The van der Waals surface area contributed by atoms with Crippen molar-refractivity contribution in [2.45, 2.75) is 76.9 Å². The Balaban J connectivity index is 1.05. The van der Waals surface area contributed by atoms with Crippen LogP contribution in [0, 0.1) is 0 Å². The number of hydrogen-bond donors (Lipinski definition) is 5. The number of carbonyl (C=O) groups excluding carboxylic acids is 1. The molecule has 1 amide bonds. The molecule has 0 bridgehead atoms. The van der Waals surface area contributed by atoms with Crippen molar-refractivity contribution in [1.82, 2.24) is 30.6 Å². The molecule has 5 N–H and O–H groups in total. The number of nitrogens with zero attached hydrogens (tertiary/aromatic N) is 3. The number of H-pyrrole nitrogens is 1. The quantitative estimate of drug-likeness (QED) is 0.0643. The van der Waals surface area contributed by atoms with Gasteiger partial charge in [-0.1, -0.05) is 73.9 Å². The molecule has 43 heavy (non-hydrogen) atoms. The van der Waals surface area contributed by atoms with Gasteiger partial charge in [0.05, 0.1) is 5.39 Å². The minimum atomic E-state index is -0.289. The standard InChI is InChI=1S/C34H45N7O2/c1-25(27-10-6-5-7-11-27)38-33-30-22-31(39-34(30)37-24-36-33)28-15-13-26(14-16-28)23-41-20-17-29(18-21-41)35-19-9-4-2-3-8-12-32(42)40-43/h5-7,10-11,13-16,22,24-25,29,35,43H,2-4,8-9,12,17-21,23H2,1H3,(H,40,42)(H2,36,37,38,39)/t25-/m1/s1. The SMILES string of the molecule is C[C@@H](Nc1ncnc2[nH]c(-c3ccc(CN4CCC(NCCCCCCCC(=O)NO)CC4)cc3)cc12)c1ccccc1. The summed E-state index contributed by atoms with van der Waals surface area (Å²) >= 11 is 0. The molecule has 4 aromatic rings. The summed E-state index contributed by atoms with van der Waals surface area (Å²) in [5, 5.41) is 16.8. The van der Waals surface area contributed by atoms with Gasteiger partial charge in [-0.05, 0) is 75.0 Å². The maximum atomic E-state index is 11.0. The molecule has 0 radical (unpaired) electrons. The van der Waals surface area contributed by atoms with Gasteiger partial charge in [0.1, 0.15) is 17.8 Å². The average Bonchev–Trinajstić information content (AvgIpc) is 3.49. The summed E-state index contributed by atoms with van der Waals surface area (Å²) < 4.78 is 0. The smallest absolute Gasteiger partial charge is 0.243 e. The van der Waals surface area contributed by atoms with Crippen LogP contribution in [0.2, 0.25) is 0 Å². The van der Waals surface area contributed by atoms with Crippen molar-refractivity contribution in [1.29, 1.82) is 0 Å². The number of piperidine rings is 1. The summed E-state index contributed by atoms with van der Waals surface area (Å²) in [6.45, 7) is 6.41. The van der Waals surface area contributed by atoms with Crippen LogP contribution >= 0.6 is 0 Å². The molecule has 9 nitrogen and oxygen atoms in total. The zero-order valence-corrected chi connectivity index (χ0v) is 25.2. The van der Waals surface area contributed by atoms with Gasteiger partial charge in [0.2, 0.25) is 5.91 Å². The first-order valence-electron chi connectivity index (χ1n) is 15.7. The van der Waals surface area contributed by atoms with Crippen molar-refractivity contribution >= 4 is 22.8 Å². The van der Waals surface area contributed by atoms with E-state index in [1.54, 1.807) is 11.8 Å². The Labute approximate surface area is 254 Å². The molecular weight excluding hydrogens is 538 g/mol. The number of aromatic amines is 1. The number of benzene rings is 2. The molecule has 1 fully saturated rings. The normalized spacial score (nSPS) is 15.0. The fourth-order valence-electron chi connectivity index (χ4n) is 5.89. The third-order valence-corrected chi connectivity index (χ3v) is 8.48. The second-order valence-electron chi connectivity index (χ2n) is 11.7. The fraction of sp³-hybridized carbons (Fsp3) is 0.441. The van der Waals surface area contributed by atoms with Crippen LogP contribution in [0.3, 0.4) is 0 Å². The van der Waals surface area contributed by atoms with Crippen molar-refractivity contribution in [2.75, 3.05) is 25.0 Å². The number of fused-ring (bicyclic) bond motifs is 1. The number of hydroxylamine groups is 1. The Hall–Kier alpha value is -3.79. The van der Waals surface area contributed by atoms with Gasteiger partial charge in [0.15, 0.2) is 0 Å². The summed E-state index contributed by atoms with van der Waals surface area (Å²) in [5.41, 5.74) is 7.26. The molecule has 3 heterocycles. The van der Waals surface area contributed by atoms with Gasteiger partial charge in [0.25, 0.3) is 0 Å². The lowest BCUT2D eigenvalue weighted by molar-refractivity contribution is -0.129. The van der Waals surface area contributed by atoms with Gasteiger partial charge in [-0.2, -0.15) is 0 Å². The van der Waals surface area contributed by atoms with E-state index in [9.17, 15) is 4.79 Å². The van der Waals surface area contributed by atoms with E-state index in [2.05, 4.69) is 92.0 Å². The highest BCUT2D eigenvalue weighted by atomic mass is 16.5. The number of unbranched alkanes of at least 4 members (excludes halogenated alkanes) is 4. The van der Waals surface area contributed by atoms with Crippen molar-refractivity contribution in [3.05, 3.63) is 78.1 Å².